The van der Waals surface area contributed by atoms with Gasteiger partial charge in [-0.15, -0.1) is 11.8 Å². The van der Waals surface area contributed by atoms with Crippen molar-refractivity contribution in [1.29, 1.82) is 0 Å². The van der Waals surface area contributed by atoms with Crippen LogP contribution < -0.4 is 10.6 Å². The van der Waals surface area contributed by atoms with E-state index in [1.807, 2.05) is 30.5 Å². The molecule has 0 aliphatic carbocycles. The molecule has 25 heavy (non-hydrogen) atoms. The molecule has 0 aliphatic heterocycles. The van der Waals surface area contributed by atoms with Gasteiger partial charge in [0, 0.05) is 21.8 Å². The second-order valence-electron chi connectivity index (χ2n) is 6.39. The number of carbonyl (C=O) groups is 2. The van der Waals surface area contributed by atoms with Crippen LogP contribution >= 0.6 is 11.8 Å². The average molecular weight is 358 g/mol. The van der Waals surface area contributed by atoms with Crippen molar-refractivity contribution in [2.24, 2.45) is 0 Å². The Morgan fingerprint density at radius 1 is 0.960 bits per heavy atom. The molecular formula is C19H22N2O3S. The van der Waals surface area contributed by atoms with E-state index in [4.69, 9.17) is 4.74 Å². The molecule has 0 aromatic heterocycles. The lowest BCUT2D eigenvalue weighted by molar-refractivity contribution is 0.0635. The van der Waals surface area contributed by atoms with Crippen molar-refractivity contribution in [2.45, 2.75) is 31.3 Å². The van der Waals surface area contributed by atoms with E-state index in [0.29, 0.717) is 11.3 Å². The maximum Gasteiger partial charge on any atom is 0.412 e. The summed E-state index contributed by atoms with van der Waals surface area (Å²) in [7, 11) is 0. The molecular weight excluding hydrogens is 336 g/mol. The van der Waals surface area contributed by atoms with E-state index in [1.54, 1.807) is 56.8 Å². The minimum Gasteiger partial charge on any atom is -0.444 e. The molecule has 5 nitrogen and oxygen atoms in total. The summed E-state index contributed by atoms with van der Waals surface area (Å²) in [4.78, 5) is 25.3. The van der Waals surface area contributed by atoms with Crippen LogP contribution in [0.2, 0.25) is 0 Å². The van der Waals surface area contributed by atoms with Gasteiger partial charge in [-0.2, -0.15) is 0 Å². The second-order valence-corrected chi connectivity index (χ2v) is 7.27. The van der Waals surface area contributed by atoms with E-state index in [2.05, 4.69) is 10.6 Å². The topological polar surface area (TPSA) is 67.4 Å². The van der Waals surface area contributed by atoms with Crippen LogP contribution in [0.15, 0.2) is 53.4 Å². The highest BCUT2D eigenvalue weighted by molar-refractivity contribution is 7.98. The van der Waals surface area contributed by atoms with Gasteiger partial charge in [-0.3, -0.25) is 10.1 Å². The Bertz CT molecular complexity index is 769. The standard InChI is InChI=1S/C19H22N2O3S/c1-19(2,3)24-18(23)21-14-8-5-7-13(11-14)17(22)20-15-9-6-10-16(12-15)25-4/h5-12H,1-4H3,(H,20,22)(H,21,23). The number of hydrogen-bond donors (Lipinski definition) is 2. The van der Waals surface area contributed by atoms with Gasteiger partial charge in [-0.05, 0) is 63.4 Å². The van der Waals surface area contributed by atoms with Gasteiger partial charge < -0.3 is 10.1 Å². The minimum absolute atomic E-state index is 0.244. The van der Waals surface area contributed by atoms with Crippen LogP contribution in [0.4, 0.5) is 16.2 Å². The third-order valence-electron chi connectivity index (χ3n) is 3.10. The molecule has 0 bridgehead atoms. The molecule has 0 saturated carbocycles. The second kappa shape index (κ2) is 8.07. The smallest absolute Gasteiger partial charge is 0.412 e. The summed E-state index contributed by atoms with van der Waals surface area (Å²) >= 11 is 1.61. The molecule has 2 N–H and O–H groups in total. The number of ether oxygens (including phenoxy) is 1. The summed E-state index contributed by atoms with van der Waals surface area (Å²) in [6, 6.07) is 14.3. The Hall–Kier alpha value is -2.47. The molecule has 0 heterocycles. The summed E-state index contributed by atoms with van der Waals surface area (Å²) in [5.41, 5.74) is 1.09. The van der Waals surface area contributed by atoms with Crippen LogP contribution in [0, 0.1) is 0 Å². The first kappa shape index (κ1) is 18.9. The molecule has 2 rings (SSSR count). The number of carbonyl (C=O) groups excluding carboxylic acids is 2. The van der Waals surface area contributed by atoms with Crippen LogP contribution in [0.3, 0.4) is 0 Å². The van der Waals surface area contributed by atoms with Crippen LogP contribution in [0.1, 0.15) is 31.1 Å². The molecule has 0 saturated heterocycles. The van der Waals surface area contributed by atoms with Gasteiger partial charge >= 0.3 is 6.09 Å². The van der Waals surface area contributed by atoms with Crippen LogP contribution in [-0.2, 0) is 4.74 Å². The van der Waals surface area contributed by atoms with Gasteiger partial charge in [0.05, 0.1) is 0 Å². The lowest BCUT2D eigenvalue weighted by Crippen LogP contribution is -2.27. The van der Waals surface area contributed by atoms with Gasteiger partial charge in [0.2, 0.25) is 0 Å². The van der Waals surface area contributed by atoms with Crippen LogP contribution in [-0.4, -0.2) is 23.9 Å². The van der Waals surface area contributed by atoms with Gasteiger partial charge in [-0.1, -0.05) is 12.1 Å². The molecule has 0 spiro atoms. The molecule has 0 unspecified atom stereocenters. The zero-order valence-corrected chi connectivity index (χ0v) is 15.6. The highest BCUT2D eigenvalue weighted by atomic mass is 32.2. The third kappa shape index (κ3) is 6.15. The maximum atomic E-state index is 12.4. The lowest BCUT2D eigenvalue weighted by atomic mass is 10.2. The first-order chi connectivity index (χ1) is 11.8. The fourth-order valence-corrected chi connectivity index (χ4v) is 2.52. The molecule has 0 fully saturated rings. The normalized spacial score (nSPS) is 10.9. The van der Waals surface area contributed by atoms with E-state index in [9.17, 15) is 9.59 Å². The summed E-state index contributed by atoms with van der Waals surface area (Å²) in [6.07, 6.45) is 1.42. The molecule has 0 atom stereocenters. The third-order valence-corrected chi connectivity index (χ3v) is 3.82. The highest BCUT2D eigenvalue weighted by Crippen LogP contribution is 2.20. The van der Waals surface area contributed by atoms with Crippen molar-refractivity contribution in [3.63, 3.8) is 0 Å². The summed E-state index contributed by atoms with van der Waals surface area (Å²) in [5.74, 6) is -0.244. The summed E-state index contributed by atoms with van der Waals surface area (Å²) in [6.45, 7) is 5.37. The molecule has 2 aromatic carbocycles. The zero-order valence-electron chi connectivity index (χ0n) is 14.8. The van der Waals surface area contributed by atoms with Crippen molar-refractivity contribution in [2.75, 3.05) is 16.9 Å². The number of rotatable bonds is 4. The Kier molecular flexibility index (Phi) is 6.09. The lowest BCUT2D eigenvalue weighted by Gasteiger charge is -2.19. The number of thioether (sulfide) groups is 1. The monoisotopic (exact) mass is 358 g/mol. The Morgan fingerprint density at radius 2 is 1.60 bits per heavy atom. The van der Waals surface area contributed by atoms with E-state index in [1.165, 1.54) is 0 Å². The molecule has 0 aliphatic rings. The van der Waals surface area contributed by atoms with Crippen molar-refractivity contribution in [1.82, 2.24) is 0 Å². The Balaban J connectivity index is 2.07. The van der Waals surface area contributed by atoms with E-state index < -0.39 is 11.7 Å². The Morgan fingerprint density at radius 3 is 2.24 bits per heavy atom. The molecule has 2 aromatic rings. The quantitative estimate of drug-likeness (QED) is 0.754. The summed E-state index contributed by atoms with van der Waals surface area (Å²) in [5, 5.41) is 5.49. The molecule has 2 amide bonds. The number of anilines is 2. The van der Waals surface area contributed by atoms with E-state index in [0.717, 1.165) is 10.6 Å². The largest absolute Gasteiger partial charge is 0.444 e. The maximum absolute atomic E-state index is 12.4. The zero-order chi connectivity index (χ0) is 18.4. The number of nitrogens with one attached hydrogen (secondary N) is 2. The SMILES string of the molecule is CSc1cccc(NC(=O)c2cccc(NC(=O)OC(C)(C)C)c2)c1. The van der Waals surface area contributed by atoms with Crippen molar-refractivity contribution < 1.29 is 14.3 Å². The first-order valence-electron chi connectivity index (χ1n) is 7.82. The predicted octanol–water partition coefficient (Wildman–Crippen LogP) is 5.01. The van der Waals surface area contributed by atoms with Crippen molar-refractivity contribution in [3.8, 4) is 0 Å². The predicted molar refractivity (Wildman–Crippen MR) is 102 cm³/mol. The van der Waals surface area contributed by atoms with Gasteiger partial charge in [0.25, 0.3) is 5.91 Å². The van der Waals surface area contributed by atoms with Crippen molar-refractivity contribution >= 4 is 35.1 Å². The number of hydrogen-bond acceptors (Lipinski definition) is 4. The minimum atomic E-state index is -0.582. The summed E-state index contributed by atoms with van der Waals surface area (Å²) < 4.78 is 5.21. The molecule has 132 valence electrons. The van der Waals surface area contributed by atoms with E-state index >= 15 is 0 Å². The van der Waals surface area contributed by atoms with Crippen molar-refractivity contribution in [3.05, 3.63) is 54.1 Å². The highest BCUT2D eigenvalue weighted by Gasteiger charge is 2.16. The van der Waals surface area contributed by atoms with Gasteiger partial charge in [0.1, 0.15) is 5.60 Å². The molecule has 0 radical (unpaired) electrons. The first-order valence-corrected chi connectivity index (χ1v) is 9.05. The van der Waals surface area contributed by atoms with Crippen LogP contribution in [0.25, 0.3) is 0 Å². The number of amides is 2. The van der Waals surface area contributed by atoms with Gasteiger partial charge in [-0.25, -0.2) is 4.79 Å². The molecule has 6 heteroatoms. The van der Waals surface area contributed by atoms with E-state index in [-0.39, 0.29) is 5.91 Å². The fraction of sp³-hybridized carbons (Fsp3) is 0.263. The number of benzene rings is 2. The average Bonchev–Trinajstić information content (AvgIpc) is 2.53. The Labute approximate surface area is 152 Å². The fourth-order valence-electron chi connectivity index (χ4n) is 2.06. The van der Waals surface area contributed by atoms with Gasteiger partial charge in [0.15, 0.2) is 0 Å². The van der Waals surface area contributed by atoms with Crippen LogP contribution in [0.5, 0.6) is 0 Å².